The van der Waals surface area contributed by atoms with E-state index in [2.05, 4.69) is 15.5 Å². The molecule has 2 aliphatic rings. The van der Waals surface area contributed by atoms with E-state index in [0.29, 0.717) is 32.6 Å². The molecule has 166 valence electrons. The maximum Gasteiger partial charge on any atom is 0.234 e. The number of carbonyl (C=O) groups excluding carboxylic acids is 2. The molecule has 2 saturated heterocycles. The topological polar surface area (TPSA) is 100 Å². The third-order valence-corrected chi connectivity index (χ3v) is 5.70. The van der Waals surface area contributed by atoms with E-state index in [1.54, 1.807) is 0 Å². The number of ether oxygens (including phenoxy) is 2. The Balaban J connectivity index is 1.43. The smallest absolute Gasteiger partial charge is 0.234 e. The maximum absolute atomic E-state index is 12.4. The molecule has 0 spiro atoms. The Hall–Kier alpha value is -2.00. The predicted molar refractivity (Wildman–Crippen MR) is 112 cm³/mol. The largest absolute Gasteiger partial charge is 0.394 e. The Kier molecular flexibility index (Phi) is 8.62. The van der Waals surface area contributed by atoms with Crippen LogP contribution in [0.1, 0.15) is 37.8 Å². The number of nitrogens with zero attached hydrogens (tertiary/aromatic N) is 1. The summed E-state index contributed by atoms with van der Waals surface area (Å²) in [7, 11) is 0. The van der Waals surface area contributed by atoms with Gasteiger partial charge in [0.2, 0.25) is 11.8 Å². The summed E-state index contributed by atoms with van der Waals surface area (Å²) in [4.78, 5) is 26.8. The second kappa shape index (κ2) is 11.4. The average Bonchev–Trinajstić information content (AvgIpc) is 2.76. The van der Waals surface area contributed by atoms with Crippen molar-refractivity contribution < 1.29 is 24.2 Å². The van der Waals surface area contributed by atoms with Gasteiger partial charge in [0.05, 0.1) is 51.0 Å². The number of morpholine rings is 1. The van der Waals surface area contributed by atoms with Crippen LogP contribution in [-0.2, 0) is 19.1 Å². The van der Waals surface area contributed by atoms with Crippen molar-refractivity contribution in [2.75, 3.05) is 39.5 Å². The molecule has 0 aromatic heterocycles. The van der Waals surface area contributed by atoms with Crippen LogP contribution in [-0.4, -0.2) is 79.5 Å². The minimum absolute atomic E-state index is 0.0724. The van der Waals surface area contributed by atoms with Crippen LogP contribution < -0.4 is 10.6 Å². The molecule has 0 aliphatic carbocycles. The van der Waals surface area contributed by atoms with E-state index in [1.165, 1.54) is 0 Å². The molecule has 8 heteroatoms. The summed E-state index contributed by atoms with van der Waals surface area (Å²) in [6.45, 7) is 4.86. The zero-order valence-corrected chi connectivity index (χ0v) is 17.6. The van der Waals surface area contributed by atoms with E-state index in [-0.39, 0.29) is 43.0 Å². The van der Waals surface area contributed by atoms with Gasteiger partial charge >= 0.3 is 0 Å². The van der Waals surface area contributed by atoms with Gasteiger partial charge in [-0.1, -0.05) is 30.3 Å². The first-order chi connectivity index (χ1) is 14.5. The van der Waals surface area contributed by atoms with Gasteiger partial charge < -0.3 is 25.2 Å². The maximum atomic E-state index is 12.4. The monoisotopic (exact) mass is 419 g/mol. The minimum atomic E-state index is -0.503. The number of hydrogen-bond acceptors (Lipinski definition) is 6. The molecule has 0 unspecified atom stereocenters. The van der Waals surface area contributed by atoms with E-state index in [1.807, 2.05) is 37.3 Å². The number of nitrogens with one attached hydrogen (secondary N) is 2. The molecule has 1 aromatic carbocycles. The third kappa shape index (κ3) is 6.77. The van der Waals surface area contributed by atoms with Crippen molar-refractivity contribution in [3.8, 4) is 0 Å². The Labute approximate surface area is 177 Å². The summed E-state index contributed by atoms with van der Waals surface area (Å²) in [6, 6.07) is 9.47. The van der Waals surface area contributed by atoms with Gasteiger partial charge in [-0.3, -0.25) is 14.5 Å². The molecule has 3 rings (SSSR count). The molecule has 2 aliphatic heterocycles. The number of rotatable bonds is 8. The van der Waals surface area contributed by atoms with Crippen molar-refractivity contribution in [1.82, 2.24) is 15.5 Å². The third-order valence-electron chi connectivity index (χ3n) is 5.70. The van der Waals surface area contributed by atoms with Crippen LogP contribution in [0.15, 0.2) is 30.3 Å². The highest BCUT2D eigenvalue weighted by atomic mass is 16.5. The lowest BCUT2D eigenvalue weighted by molar-refractivity contribution is -0.137. The number of aliphatic hydroxyl groups is 1. The van der Waals surface area contributed by atoms with Gasteiger partial charge in [-0.25, -0.2) is 0 Å². The van der Waals surface area contributed by atoms with Crippen LogP contribution in [0.3, 0.4) is 0 Å². The van der Waals surface area contributed by atoms with Crippen LogP contribution in [0.2, 0.25) is 0 Å². The van der Waals surface area contributed by atoms with Crippen LogP contribution in [0.5, 0.6) is 0 Å². The molecule has 8 nitrogen and oxygen atoms in total. The van der Waals surface area contributed by atoms with E-state index in [9.17, 15) is 14.7 Å². The lowest BCUT2D eigenvalue weighted by atomic mass is 9.96. The first-order valence-corrected chi connectivity index (χ1v) is 10.7. The van der Waals surface area contributed by atoms with Crippen molar-refractivity contribution in [2.24, 2.45) is 0 Å². The van der Waals surface area contributed by atoms with Gasteiger partial charge in [-0.15, -0.1) is 0 Å². The molecule has 1 aromatic rings. The molecule has 0 radical (unpaired) electrons. The molecule has 4 atom stereocenters. The molecular weight excluding hydrogens is 386 g/mol. The quantitative estimate of drug-likeness (QED) is 0.571. The van der Waals surface area contributed by atoms with Gasteiger partial charge in [0.15, 0.2) is 0 Å². The summed E-state index contributed by atoms with van der Waals surface area (Å²) in [5.74, 6) is -0.153. The normalized spacial score (nSPS) is 26.0. The van der Waals surface area contributed by atoms with Gasteiger partial charge in [-0.05, 0) is 25.3 Å². The molecule has 30 heavy (non-hydrogen) atoms. The fourth-order valence-corrected chi connectivity index (χ4v) is 3.99. The van der Waals surface area contributed by atoms with Gasteiger partial charge in [-0.2, -0.15) is 0 Å². The zero-order valence-electron chi connectivity index (χ0n) is 17.6. The number of aliphatic hydroxyl groups excluding tert-OH is 1. The first kappa shape index (κ1) is 22.7. The van der Waals surface area contributed by atoms with E-state index in [4.69, 9.17) is 9.47 Å². The van der Waals surface area contributed by atoms with Crippen molar-refractivity contribution in [1.29, 1.82) is 0 Å². The predicted octanol–water partition coefficient (Wildman–Crippen LogP) is 0.611. The summed E-state index contributed by atoms with van der Waals surface area (Å²) in [5.41, 5.74) is 1.05. The van der Waals surface area contributed by atoms with E-state index < -0.39 is 6.10 Å². The van der Waals surface area contributed by atoms with Crippen LogP contribution in [0.25, 0.3) is 0 Å². The van der Waals surface area contributed by atoms with Crippen LogP contribution >= 0.6 is 0 Å². The molecule has 2 fully saturated rings. The first-order valence-electron chi connectivity index (χ1n) is 10.7. The molecule has 0 bridgehead atoms. The van der Waals surface area contributed by atoms with Crippen molar-refractivity contribution in [3.05, 3.63) is 35.9 Å². The number of carbonyl (C=O) groups is 2. The van der Waals surface area contributed by atoms with Crippen LogP contribution in [0.4, 0.5) is 0 Å². The summed E-state index contributed by atoms with van der Waals surface area (Å²) in [6.07, 6.45) is 0.801. The second-order valence-corrected chi connectivity index (χ2v) is 8.02. The van der Waals surface area contributed by atoms with E-state index in [0.717, 1.165) is 18.7 Å². The Morgan fingerprint density at radius 2 is 1.90 bits per heavy atom. The summed E-state index contributed by atoms with van der Waals surface area (Å²) < 4.78 is 11.2. The molecular formula is C22H33N3O5. The van der Waals surface area contributed by atoms with Gasteiger partial charge in [0.1, 0.15) is 6.10 Å². The standard InChI is InChI=1S/C22H33N3O5/c1-16(17-5-3-2-4-6-17)23-21(27)13-18-7-8-19(20(15-26)30-18)24-22(28)14-25-9-11-29-12-10-25/h2-6,16,18-20,26H,7-15H2,1H3,(H,23,27)(H,24,28)/t16-,18-,19-,20-/m0/s1. The van der Waals surface area contributed by atoms with Gasteiger partial charge in [0, 0.05) is 13.1 Å². The number of amides is 2. The minimum Gasteiger partial charge on any atom is -0.394 e. The molecule has 2 heterocycles. The summed E-state index contributed by atoms with van der Waals surface area (Å²) in [5, 5.41) is 15.7. The average molecular weight is 420 g/mol. The van der Waals surface area contributed by atoms with E-state index >= 15 is 0 Å². The lowest BCUT2D eigenvalue weighted by Gasteiger charge is -2.36. The highest BCUT2D eigenvalue weighted by Crippen LogP contribution is 2.22. The number of benzene rings is 1. The summed E-state index contributed by atoms with van der Waals surface area (Å²) >= 11 is 0. The lowest BCUT2D eigenvalue weighted by Crippen LogP contribution is -2.53. The molecule has 2 amide bonds. The second-order valence-electron chi connectivity index (χ2n) is 8.02. The molecule has 0 saturated carbocycles. The van der Waals surface area contributed by atoms with Crippen molar-refractivity contribution >= 4 is 11.8 Å². The van der Waals surface area contributed by atoms with Crippen molar-refractivity contribution in [2.45, 2.75) is 50.5 Å². The van der Waals surface area contributed by atoms with Crippen LogP contribution in [0, 0.1) is 0 Å². The molecule has 3 N–H and O–H groups in total. The Morgan fingerprint density at radius 3 is 2.60 bits per heavy atom. The zero-order chi connectivity index (χ0) is 21.3. The van der Waals surface area contributed by atoms with Gasteiger partial charge in [0.25, 0.3) is 0 Å². The highest BCUT2D eigenvalue weighted by Gasteiger charge is 2.33. The number of hydrogen-bond donors (Lipinski definition) is 3. The Bertz CT molecular complexity index is 681. The Morgan fingerprint density at radius 1 is 1.17 bits per heavy atom. The SMILES string of the molecule is C[C@H](NC(=O)C[C@@H]1CC[C@H](NC(=O)CN2CCOCC2)[C@H](CO)O1)c1ccccc1. The van der Waals surface area contributed by atoms with Crippen molar-refractivity contribution in [3.63, 3.8) is 0 Å². The fourth-order valence-electron chi connectivity index (χ4n) is 3.99. The highest BCUT2D eigenvalue weighted by molar-refractivity contribution is 5.78. The fraction of sp³-hybridized carbons (Fsp3) is 0.636.